The Bertz CT molecular complexity index is 639. The van der Waals surface area contributed by atoms with Crippen LogP contribution in [0.5, 0.6) is 0 Å². The summed E-state index contributed by atoms with van der Waals surface area (Å²) in [5, 5.41) is 7.23. The topological polar surface area (TPSA) is 53.4 Å². The summed E-state index contributed by atoms with van der Waals surface area (Å²) in [5.41, 5.74) is 0.922. The minimum absolute atomic E-state index is 0.0991. The molecular formula is C16H21N5O. The highest BCUT2D eigenvalue weighted by molar-refractivity contribution is 5.88. The SMILES string of the molecule is CN1CC[C@@H](N(C)C(=O)Nc2ccnn2-c2ccccc2)C1. The van der Waals surface area contributed by atoms with Gasteiger partial charge in [-0.05, 0) is 32.1 Å². The van der Waals surface area contributed by atoms with Crippen LogP contribution in [0.1, 0.15) is 6.42 Å². The maximum absolute atomic E-state index is 12.4. The average molecular weight is 299 g/mol. The number of rotatable bonds is 3. The number of nitrogens with zero attached hydrogens (tertiary/aromatic N) is 4. The Kier molecular flexibility index (Phi) is 4.11. The number of carbonyl (C=O) groups is 1. The molecule has 2 amide bonds. The highest BCUT2D eigenvalue weighted by Crippen LogP contribution is 2.17. The van der Waals surface area contributed by atoms with Gasteiger partial charge in [0.25, 0.3) is 0 Å². The number of urea groups is 1. The molecule has 1 aliphatic rings. The van der Waals surface area contributed by atoms with Gasteiger partial charge < -0.3 is 9.80 Å². The van der Waals surface area contributed by atoms with Gasteiger partial charge in [0.15, 0.2) is 0 Å². The zero-order chi connectivity index (χ0) is 15.5. The number of hydrogen-bond donors (Lipinski definition) is 1. The second-order valence-electron chi connectivity index (χ2n) is 5.71. The van der Waals surface area contributed by atoms with Crippen LogP contribution in [0.4, 0.5) is 10.6 Å². The molecule has 0 bridgehead atoms. The molecule has 1 fully saturated rings. The molecule has 0 spiro atoms. The van der Waals surface area contributed by atoms with E-state index in [4.69, 9.17) is 0 Å². The molecule has 1 saturated heterocycles. The van der Waals surface area contributed by atoms with Crippen LogP contribution in [0, 0.1) is 0 Å². The third kappa shape index (κ3) is 2.96. The molecule has 2 heterocycles. The molecule has 116 valence electrons. The molecule has 0 saturated carbocycles. The van der Waals surface area contributed by atoms with Crippen molar-refractivity contribution in [3.8, 4) is 5.69 Å². The molecule has 1 atom stereocenters. The summed E-state index contributed by atoms with van der Waals surface area (Å²) < 4.78 is 1.73. The summed E-state index contributed by atoms with van der Waals surface area (Å²) in [6.07, 6.45) is 2.70. The fourth-order valence-electron chi connectivity index (χ4n) is 2.76. The standard InChI is InChI=1S/C16H21N5O/c1-19-11-9-14(12-19)20(2)16(22)18-15-8-10-17-21(15)13-6-4-3-5-7-13/h3-8,10,14H,9,11-12H2,1-2H3,(H,18,22)/t14-/m1/s1. The Morgan fingerprint density at radius 3 is 2.77 bits per heavy atom. The molecule has 6 heteroatoms. The lowest BCUT2D eigenvalue weighted by Crippen LogP contribution is -2.41. The molecule has 0 radical (unpaired) electrons. The molecule has 1 aliphatic heterocycles. The number of anilines is 1. The van der Waals surface area contributed by atoms with Crippen molar-refractivity contribution in [1.29, 1.82) is 0 Å². The number of carbonyl (C=O) groups excluding carboxylic acids is 1. The quantitative estimate of drug-likeness (QED) is 0.943. The zero-order valence-corrected chi connectivity index (χ0v) is 12.9. The monoisotopic (exact) mass is 299 g/mol. The third-order valence-electron chi connectivity index (χ3n) is 4.11. The summed E-state index contributed by atoms with van der Waals surface area (Å²) in [6, 6.07) is 11.7. The van der Waals surface area contributed by atoms with Crippen LogP contribution in [-0.2, 0) is 0 Å². The molecule has 3 rings (SSSR count). The molecule has 6 nitrogen and oxygen atoms in total. The average Bonchev–Trinajstić information content (AvgIpc) is 3.16. The van der Waals surface area contributed by atoms with Gasteiger partial charge in [-0.1, -0.05) is 18.2 Å². The predicted octanol–water partition coefficient (Wildman–Crippen LogP) is 2.04. The van der Waals surface area contributed by atoms with Gasteiger partial charge in [0.05, 0.1) is 11.9 Å². The van der Waals surface area contributed by atoms with Gasteiger partial charge in [-0.25, -0.2) is 9.48 Å². The van der Waals surface area contributed by atoms with E-state index in [1.54, 1.807) is 21.8 Å². The number of hydrogen-bond acceptors (Lipinski definition) is 3. The van der Waals surface area contributed by atoms with Crippen LogP contribution < -0.4 is 5.32 Å². The van der Waals surface area contributed by atoms with Gasteiger partial charge in [0, 0.05) is 25.7 Å². The second-order valence-corrected chi connectivity index (χ2v) is 5.71. The Labute approximate surface area is 130 Å². The summed E-state index contributed by atoms with van der Waals surface area (Å²) >= 11 is 0. The lowest BCUT2D eigenvalue weighted by molar-refractivity contribution is 0.204. The number of aromatic nitrogens is 2. The summed E-state index contributed by atoms with van der Waals surface area (Å²) in [4.78, 5) is 16.5. The van der Waals surface area contributed by atoms with Crippen LogP contribution in [0.25, 0.3) is 5.69 Å². The number of amides is 2. The smallest absolute Gasteiger partial charge is 0.323 e. The van der Waals surface area contributed by atoms with Crippen molar-refractivity contribution in [1.82, 2.24) is 19.6 Å². The van der Waals surface area contributed by atoms with Crippen molar-refractivity contribution in [3.05, 3.63) is 42.6 Å². The van der Waals surface area contributed by atoms with Crippen molar-refractivity contribution in [2.24, 2.45) is 0 Å². The normalized spacial score (nSPS) is 18.4. The third-order valence-corrected chi connectivity index (χ3v) is 4.11. The van der Waals surface area contributed by atoms with E-state index in [1.165, 1.54) is 0 Å². The van der Waals surface area contributed by atoms with Gasteiger partial charge >= 0.3 is 6.03 Å². The summed E-state index contributed by atoms with van der Waals surface area (Å²) in [5.74, 6) is 0.675. The highest BCUT2D eigenvalue weighted by atomic mass is 16.2. The molecule has 1 N–H and O–H groups in total. The lowest BCUT2D eigenvalue weighted by atomic mass is 10.2. The van der Waals surface area contributed by atoms with Gasteiger partial charge in [-0.15, -0.1) is 0 Å². The van der Waals surface area contributed by atoms with Gasteiger partial charge in [-0.2, -0.15) is 5.10 Å². The number of nitrogens with one attached hydrogen (secondary N) is 1. The molecule has 22 heavy (non-hydrogen) atoms. The van der Waals surface area contributed by atoms with Gasteiger partial charge in [-0.3, -0.25) is 5.32 Å². The predicted molar refractivity (Wildman–Crippen MR) is 86.2 cm³/mol. The molecule has 2 aromatic rings. The minimum Gasteiger partial charge on any atom is -0.323 e. The summed E-state index contributed by atoms with van der Waals surface area (Å²) in [7, 11) is 3.93. The van der Waals surface area contributed by atoms with E-state index in [0.29, 0.717) is 5.82 Å². The highest BCUT2D eigenvalue weighted by Gasteiger charge is 2.26. The molecular weight excluding hydrogens is 278 g/mol. The first-order valence-electron chi connectivity index (χ1n) is 7.47. The van der Waals surface area contributed by atoms with Crippen molar-refractivity contribution < 1.29 is 4.79 Å². The van der Waals surface area contributed by atoms with E-state index < -0.39 is 0 Å². The fourth-order valence-corrected chi connectivity index (χ4v) is 2.76. The summed E-state index contributed by atoms with van der Waals surface area (Å²) in [6.45, 7) is 1.95. The fraction of sp³-hybridized carbons (Fsp3) is 0.375. The lowest BCUT2D eigenvalue weighted by Gasteiger charge is -2.24. The van der Waals surface area contributed by atoms with E-state index >= 15 is 0 Å². The molecule has 1 aromatic carbocycles. The maximum atomic E-state index is 12.4. The maximum Gasteiger partial charge on any atom is 0.323 e. The number of likely N-dealkylation sites (N-methyl/N-ethyl adjacent to an activating group) is 2. The van der Waals surface area contributed by atoms with Crippen LogP contribution in [-0.4, -0.2) is 58.8 Å². The first-order valence-corrected chi connectivity index (χ1v) is 7.47. The van der Waals surface area contributed by atoms with Gasteiger partial charge in [0.1, 0.15) is 5.82 Å². The van der Waals surface area contributed by atoms with Crippen LogP contribution >= 0.6 is 0 Å². The largest absolute Gasteiger partial charge is 0.323 e. The van der Waals surface area contributed by atoms with Crippen LogP contribution in [0.3, 0.4) is 0 Å². The molecule has 0 unspecified atom stereocenters. The van der Waals surface area contributed by atoms with E-state index in [0.717, 1.165) is 25.2 Å². The number of para-hydroxylation sites is 1. The van der Waals surface area contributed by atoms with Crippen molar-refractivity contribution >= 4 is 11.8 Å². The van der Waals surface area contributed by atoms with E-state index in [-0.39, 0.29) is 12.1 Å². The van der Waals surface area contributed by atoms with E-state index in [9.17, 15) is 4.79 Å². The van der Waals surface area contributed by atoms with Crippen molar-refractivity contribution in [2.45, 2.75) is 12.5 Å². The Morgan fingerprint density at radius 1 is 1.32 bits per heavy atom. The Morgan fingerprint density at radius 2 is 2.09 bits per heavy atom. The van der Waals surface area contributed by atoms with Crippen LogP contribution in [0.2, 0.25) is 0 Å². The van der Waals surface area contributed by atoms with Crippen molar-refractivity contribution in [3.63, 3.8) is 0 Å². The van der Waals surface area contributed by atoms with Crippen LogP contribution in [0.15, 0.2) is 42.6 Å². The molecule has 0 aliphatic carbocycles. The first-order chi connectivity index (χ1) is 10.6. The number of benzene rings is 1. The van der Waals surface area contributed by atoms with E-state index in [2.05, 4.69) is 22.4 Å². The molecule has 1 aromatic heterocycles. The number of likely N-dealkylation sites (tertiary alicyclic amines) is 1. The van der Waals surface area contributed by atoms with Crippen molar-refractivity contribution in [2.75, 3.05) is 32.5 Å². The first kappa shape index (κ1) is 14.6. The minimum atomic E-state index is -0.0991. The van der Waals surface area contributed by atoms with Gasteiger partial charge in [0.2, 0.25) is 0 Å². The Balaban J connectivity index is 1.71. The second kappa shape index (κ2) is 6.19. The zero-order valence-electron chi connectivity index (χ0n) is 12.9. The Hall–Kier alpha value is -2.34. The van der Waals surface area contributed by atoms with E-state index in [1.807, 2.05) is 37.4 Å².